The van der Waals surface area contributed by atoms with Gasteiger partial charge in [0.15, 0.2) is 0 Å². The second-order valence-corrected chi connectivity index (χ2v) is 8.73. The molecular formula is C31H27NO3. The lowest BCUT2D eigenvalue weighted by atomic mass is 9.97. The van der Waals surface area contributed by atoms with Crippen LogP contribution in [-0.4, -0.2) is 13.0 Å². The van der Waals surface area contributed by atoms with Crippen LogP contribution in [0.25, 0.3) is 38.4 Å². The summed E-state index contributed by atoms with van der Waals surface area (Å²) in [4.78, 5) is 12.8. The highest BCUT2D eigenvalue weighted by atomic mass is 16.5. The highest BCUT2D eigenvalue weighted by Crippen LogP contribution is 2.38. The number of furan rings is 1. The smallest absolute Gasteiger partial charge is 0.244 e. The molecule has 0 bridgehead atoms. The molecule has 0 radical (unpaired) electrons. The van der Waals surface area contributed by atoms with Crippen LogP contribution in [0.5, 0.6) is 5.75 Å². The molecule has 4 heteroatoms. The molecule has 0 saturated heterocycles. The van der Waals surface area contributed by atoms with Crippen molar-refractivity contribution in [3.8, 4) is 16.9 Å². The van der Waals surface area contributed by atoms with Gasteiger partial charge in [0, 0.05) is 28.7 Å². The van der Waals surface area contributed by atoms with Crippen LogP contribution in [0.3, 0.4) is 0 Å². The summed E-state index contributed by atoms with van der Waals surface area (Å²) in [5.41, 5.74) is 5.55. The van der Waals surface area contributed by atoms with Crippen LogP contribution < -0.4 is 10.1 Å². The van der Waals surface area contributed by atoms with Crippen molar-refractivity contribution in [2.45, 2.75) is 19.9 Å². The summed E-state index contributed by atoms with van der Waals surface area (Å²) >= 11 is 0. The van der Waals surface area contributed by atoms with Crippen molar-refractivity contribution in [1.29, 1.82) is 0 Å². The first-order valence-corrected chi connectivity index (χ1v) is 11.7. The lowest BCUT2D eigenvalue weighted by molar-refractivity contribution is -0.117. The van der Waals surface area contributed by atoms with Crippen molar-refractivity contribution < 1.29 is 13.9 Å². The van der Waals surface area contributed by atoms with E-state index in [9.17, 15) is 4.79 Å². The molecule has 5 rings (SSSR count). The van der Waals surface area contributed by atoms with Crippen LogP contribution in [0.2, 0.25) is 0 Å². The molecule has 5 aromatic rings. The molecule has 1 unspecified atom stereocenters. The third-order valence-corrected chi connectivity index (χ3v) is 6.39. The number of hydrogen-bond donors (Lipinski definition) is 1. The normalized spacial score (nSPS) is 12.6. The molecule has 0 aliphatic carbocycles. The molecule has 1 amide bonds. The minimum atomic E-state index is -0.150. The van der Waals surface area contributed by atoms with E-state index in [2.05, 4.69) is 35.6 Å². The molecule has 4 nitrogen and oxygen atoms in total. The van der Waals surface area contributed by atoms with Crippen molar-refractivity contribution in [2.75, 3.05) is 7.11 Å². The maximum atomic E-state index is 12.8. The number of hydrogen-bond acceptors (Lipinski definition) is 3. The van der Waals surface area contributed by atoms with E-state index in [0.29, 0.717) is 5.75 Å². The maximum Gasteiger partial charge on any atom is 0.244 e. The Labute approximate surface area is 204 Å². The Morgan fingerprint density at radius 1 is 0.943 bits per heavy atom. The second kappa shape index (κ2) is 9.51. The van der Waals surface area contributed by atoms with E-state index in [1.54, 1.807) is 19.4 Å². The van der Waals surface area contributed by atoms with Crippen LogP contribution in [-0.2, 0) is 4.79 Å². The molecule has 174 valence electrons. The van der Waals surface area contributed by atoms with Crippen LogP contribution in [0.15, 0.2) is 102 Å². The lowest BCUT2D eigenvalue weighted by Crippen LogP contribution is -2.24. The number of carbonyl (C=O) groups excluding carboxylic acids is 1. The number of allylic oxidation sites excluding steroid dienone is 1. The van der Waals surface area contributed by atoms with E-state index >= 15 is 0 Å². The fraction of sp³-hybridized carbons (Fsp3) is 0.129. The standard InChI is InChI=1S/C31H27NO3/c1-20(15-31(33)32-21(2)22-9-5-4-6-10-22)26-17-27-28(19-35-30(27)18-29(26)34-3)25-14-13-23-11-7-8-12-24(23)16-25/h4-19,21H,1-3H3,(H,32,33)/b20-15+. The Morgan fingerprint density at radius 3 is 2.46 bits per heavy atom. The topological polar surface area (TPSA) is 51.5 Å². The van der Waals surface area contributed by atoms with Crippen molar-refractivity contribution in [1.82, 2.24) is 5.32 Å². The van der Waals surface area contributed by atoms with E-state index in [0.717, 1.165) is 38.8 Å². The third-order valence-electron chi connectivity index (χ3n) is 6.39. The predicted octanol–water partition coefficient (Wildman–Crippen LogP) is 7.54. The number of fused-ring (bicyclic) bond motifs is 2. The van der Waals surface area contributed by atoms with Gasteiger partial charge < -0.3 is 14.5 Å². The molecule has 1 atom stereocenters. The average Bonchev–Trinajstić information content (AvgIpc) is 3.30. The number of amides is 1. The molecule has 4 aromatic carbocycles. The van der Waals surface area contributed by atoms with Gasteiger partial charge in [0.05, 0.1) is 19.4 Å². The van der Waals surface area contributed by atoms with E-state index < -0.39 is 0 Å². The summed E-state index contributed by atoms with van der Waals surface area (Å²) in [6, 6.07) is 28.5. The summed E-state index contributed by atoms with van der Waals surface area (Å²) in [5.74, 6) is 0.512. The molecule has 0 saturated carbocycles. The van der Waals surface area contributed by atoms with Crippen LogP contribution >= 0.6 is 0 Å². The zero-order valence-corrected chi connectivity index (χ0v) is 20.0. The molecule has 1 aromatic heterocycles. The number of carbonyl (C=O) groups is 1. The molecule has 0 fully saturated rings. The number of ether oxygens (including phenoxy) is 1. The van der Waals surface area contributed by atoms with Crippen LogP contribution in [0, 0.1) is 0 Å². The van der Waals surface area contributed by atoms with E-state index in [1.807, 2.05) is 68.4 Å². The average molecular weight is 462 g/mol. The van der Waals surface area contributed by atoms with Gasteiger partial charge in [0.2, 0.25) is 5.91 Å². The number of benzene rings is 4. The summed E-state index contributed by atoms with van der Waals surface area (Å²) in [6.07, 6.45) is 3.41. The quantitative estimate of drug-likeness (QED) is 0.266. The number of nitrogens with one attached hydrogen (secondary N) is 1. The first-order valence-electron chi connectivity index (χ1n) is 11.7. The second-order valence-electron chi connectivity index (χ2n) is 8.73. The Bertz CT molecular complexity index is 1550. The summed E-state index contributed by atoms with van der Waals surface area (Å²) < 4.78 is 11.5. The van der Waals surface area contributed by atoms with Crippen molar-refractivity contribution in [2.24, 2.45) is 0 Å². The molecule has 35 heavy (non-hydrogen) atoms. The first kappa shape index (κ1) is 22.5. The van der Waals surface area contributed by atoms with Gasteiger partial charge in [-0.25, -0.2) is 0 Å². The fourth-order valence-corrected chi connectivity index (χ4v) is 4.47. The minimum Gasteiger partial charge on any atom is -0.496 e. The molecule has 1 heterocycles. The van der Waals surface area contributed by atoms with Gasteiger partial charge in [-0.2, -0.15) is 0 Å². The Hall–Kier alpha value is -4.31. The lowest BCUT2D eigenvalue weighted by Gasteiger charge is -2.14. The monoisotopic (exact) mass is 461 g/mol. The molecule has 0 aliphatic heterocycles. The highest BCUT2D eigenvalue weighted by Gasteiger charge is 2.16. The van der Waals surface area contributed by atoms with Crippen LogP contribution in [0.4, 0.5) is 0 Å². The third kappa shape index (κ3) is 4.56. The van der Waals surface area contributed by atoms with E-state index in [-0.39, 0.29) is 11.9 Å². The van der Waals surface area contributed by atoms with Gasteiger partial charge in [-0.15, -0.1) is 0 Å². The zero-order chi connectivity index (χ0) is 24.4. The van der Waals surface area contributed by atoms with Gasteiger partial charge in [-0.3, -0.25) is 4.79 Å². The first-order chi connectivity index (χ1) is 17.0. The summed E-state index contributed by atoms with van der Waals surface area (Å²) in [5, 5.41) is 6.39. The Morgan fingerprint density at radius 2 is 1.69 bits per heavy atom. The molecular weight excluding hydrogens is 434 g/mol. The number of rotatable bonds is 6. The highest BCUT2D eigenvalue weighted by molar-refractivity contribution is 6.01. The van der Waals surface area contributed by atoms with Gasteiger partial charge in [0.25, 0.3) is 0 Å². The molecule has 0 aliphatic rings. The summed E-state index contributed by atoms with van der Waals surface area (Å²) in [7, 11) is 1.63. The molecule has 0 spiro atoms. The fourth-order valence-electron chi connectivity index (χ4n) is 4.47. The van der Waals surface area contributed by atoms with Crippen molar-refractivity contribution >= 4 is 33.2 Å². The predicted molar refractivity (Wildman–Crippen MR) is 142 cm³/mol. The Balaban J connectivity index is 1.49. The van der Waals surface area contributed by atoms with E-state index in [4.69, 9.17) is 9.15 Å². The van der Waals surface area contributed by atoms with Gasteiger partial charge in [-0.05, 0) is 53.5 Å². The largest absolute Gasteiger partial charge is 0.496 e. The number of methoxy groups -OCH3 is 1. The van der Waals surface area contributed by atoms with Gasteiger partial charge in [0.1, 0.15) is 11.3 Å². The minimum absolute atomic E-state index is 0.0921. The maximum absolute atomic E-state index is 12.8. The van der Waals surface area contributed by atoms with Crippen LogP contribution in [0.1, 0.15) is 31.0 Å². The van der Waals surface area contributed by atoms with Crippen molar-refractivity contribution in [3.63, 3.8) is 0 Å². The SMILES string of the molecule is COc1cc2occ(-c3ccc4ccccc4c3)c2cc1/C(C)=C/C(=O)NC(C)c1ccccc1. The summed E-state index contributed by atoms with van der Waals surface area (Å²) in [6.45, 7) is 3.90. The van der Waals surface area contributed by atoms with E-state index in [1.165, 1.54) is 10.8 Å². The van der Waals surface area contributed by atoms with Gasteiger partial charge in [-0.1, -0.05) is 66.7 Å². The zero-order valence-electron chi connectivity index (χ0n) is 20.0. The Kier molecular flexibility index (Phi) is 6.11. The molecule has 1 N–H and O–H groups in total. The van der Waals surface area contributed by atoms with Crippen molar-refractivity contribution in [3.05, 3.63) is 108 Å². The van der Waals surface area contributed by atoms with Gasteiger partial charge >= 0.3 is 0 Å².